The van der Waals surface area contributed by atoms with Gasteiger partial charge in [-0.3, -0.25) is 14.6 Å². The van der Waals surface area contributed by atoms with Crippen LogP contribution in [0.4, 0.5) is 11.6 Å². The first kappa shape index (κ1) is 11.0. The average Bonchev–Trinajstić information content (AvgIpc) is 2.89. The molecule has 2 rings (SSSR count). The van der Waals surface area contributed by atoms with Gasteiger partial charge in [-0.1, -0.05) is 0 Å². The number of rotatable bonds is 4. The number of aromatic amines is 2. The number of nitrogens with zero attached hydrogens (tertiary/aromatic N) is 5. The molecule has 2 N–H and O–H groups in total. The summed E-state index contributed by atoms with van der Waals surface area (Å²) in [7, 11) is 1.57. The molecule has 0 aliphatic carbocycles. The smallest absolute Gasteiger partial charge is 0.298 e. The Balaban J connectivity index is 2.34. The van der Waals surface area contributed by atoms with E-state index < -0.39 is 0 Å². The maximum absolute atomic E-state index is 11.7. The molecule has 90 valence electrons. The summed E-state index contributed by atoms with van der Waals surface area (Å²) in [6.07, 6.45) is 1.30. The maximum atomic E-state index is 11.7. The number of ether oxygens (including phenoxy) is 1. The van der Waals surface area contributed by atoms with Gasteiger partial charge in [0.05, 0.1) is 6.61 Å². The van der Waals surface area contributed by atoms with Crippen molar-refractivity contribution in [3.05, 3.63) is 16.7 Å². The molecule has 17 heavy (non-hydrogen) atoms. The normalized spacial score (nSPS) is 11.2. The summed E-state index contributed by atoms with van der Waals surface area (Å²) in [6.45, 7) is 2.23. The van der Waals surface area contributed by atoms with Crippen molar-refractivity contribution in [3.63, 3.8) is 0 Å². The predicted molar refractivity (Wildman–Crippen MR) is 57.8 cm³/mol. The second-order valence-electron chi connectivity index (χ2n) is 3.10. The first-order valence-corrected chi connectivity index (χ1v) is 4.91. The lowest BCUT2D eigenvalue weighted by Crippen LogP contribution is -2.10. The third-order valence-corrected chi connectivity index (χ3v) is 1.93. The van der Waals surface area contributed by atoms with E-state index in [1.54, 1.807) is 7.05 Å². The van der Waals surface area contributed by atoms with Crippen LogP contribution in [0.1, 0.15) is 6.92 Å². The summed E-state index contributed by atoms with van der Waals surface area (Å²) in [5.74, 6) is 0.499. The Hall–Kier alpha value is -2.45. The minimum Gasteiger partial charge on any atom is -0.477 e. The van der Waals surface area contributed by atoms with E-state index >= 15 is 0 Å². The number of hydrogen-bond donors (Lipinski definition) is 2. The lowest BCUT2D eigenvalue weighted by Gasteiger charge is -1.97. The zero-order chi connectivity index (χ0) is 12.3. The highest BCUT2D eigenvalue weighted by molar-refractivity contribution is 5.44. The summed E-state index contributed by atoms with van der Waals surface area (Å²) in [6, 6.07) is 0. The van der Waals surface area contributed by atoms with Crippen molar-refractivity contribution in [1.29, 1.82) is 0 Å². The number of aryl methyl sites for hydroxylation is 1. The van der Waals surface area contributed by atoms with Gasteiger partial charge >= 0.3 is 0 Å². The van der Waals surface area contributed by atoms with Gasteiger partial charge in [0.15, 0.2) is 0 Å². The Morgan fingerprint density at radius 1 is 1.53 bits per heavy atom. The molecule has 0 amide bonds. The molecule has 9 heteroatoms. The van der Waals surface area contributed by atoms with Crippen LogP contribution in [0.2, 0.25) is 0 Å². The van der Waals surface area contributed by atoms with Crippen molar-refractivity contribution in [1.82, 2.24) is 25.0 Å². The van der Waals surface area contributed by atoms with Crippen molar-refractivity contribution in [2.75, 3.05) is 6.61 Å². The van der Waals surface area contributed by atoms with Crippen molar-refractivity contribution < 1.29 is 4.74 Å². The Morgan fingerprint density at radius 2 is 2.35 bits per heavy atom. The Bertz CT molecular complexity index is 565. The largest absolute Gasteiger partial charge is 0.477 e. The summed E-state index contributed by atoms with van der Waals surface area (Å²) in [4.78, 5) is 15.4. The van der Waals surface area contributed by atoms with E-state index in [0.717, 1.165) is 0 Å². The molecule has 0 atom stereocenters. The number of hydrogen-bond acceptors (Lipinski definition) is 6. The highest BCUT2D eigenvalue weighted by Gasteiger charge is 2.13. The van der Waals surface area contributed by atoms with Crippen LogP contribution in [-0.2, 0) is 7.05 Å². The molecule has 0 bridgehead atoms. The van der Waals surface area contributed by atoms with E-state index in [0.29, 0.717) is 6.61 Å². The molecule has 0 unspecified atom stereocenters. The number of H-pyrrole nitrogens is 2. The fraction of sp³-hybridized carbons (Fsp3) is 0.375. The lowest BCUT2D eigenvalue weighted by atomic mass is 10.5. The second-order valence-corrected chi connectivity index (χ2v) is 3.10. The SMILES string of the molecule is CCOc1[nH]n(C)c(=O)c1N=Nc1ncn[nH]1. The molecule has 9 nitrogen and oxygen atoms in total. The van der Waals surface area contributed by atoms with Gasteiger partial charge in [0, 0.05) is 7.05 Å². The predicted octanol–water partition coefficient (Wildman–Crippen LogP) is 0.646. The van der Waals surface area contributed by atoms with Crippen LogP contribution in [0.5, 0.6) is 5.88 Å². The summed E-state index contributed by atoms with van der Waals surface area (Å²) in [5, 5.41) is 16.4. The Labute approximate surface area is 95.5 Å². The van der Waals surface area contributed by atoms with Crippen LogP contribution in [0, 0.1) is 0 Å². The van der Waals surface area contributed by atoms with Gasteiger partial charge in [0.1, 0.15) is 6.33 Å². The first-order chi connectivity index (χ1) is 8.22. The molecular formula is C8H11N7O2. The van der Waals surface area contributed by atoms with Crippen LogP contribution >= 0.6 is 0 Å². The molecule has 0 saturated carbocycles. The van der Waals surface area contributed by atoms with Gasteiger partial charge in [0.2, 0.25) is 11.6 Å². The molecule has 0 aromatic carbocycles. The summed E-state index contributed by atoms with van der Waals surface area (Å²) < 4.78 is 6.50. The monoisotopic (exact) mass is 237 g/mol. The van der Waals surface area contributed by atoms with Crippen LogP contribution < -0.4 is 10.3 Å². The van der Waals surface area contributed by atoms with Crippen molar-refractivity contribution in [2.45, 2.75) is 6.92 Å². The molecule has 0 saturated heterocycles. The highest BCUT2D eigenvalue weighted by atomic mass is 16.5. The minimum absolute atomic E-state index is 0.103. The zero-order valence-corrected chi connectivity index (χ0v) is 9.34. The zero-order valence-electron chi connectivity index (χ0n) is 9.34. The Kier molecular flexibility index (Phi) is 2.99. The van der Waals surface area contributed by atoms with Crippen molar-refractivity contribution >= 4 is 11.6 Å². The molecule has 2 aromatic heterocycles. The van der Waals surface area contributed by atoms with Gasteiger partial charge < -0.3 is 4.74 Å². The van der Waals surface area contributed by atoms with Gasteiger partial charge in [-0.25, -0.2) is 5.10 Å². The van der Waals surface area contributed by atoms with Gasteiger partial charge in [-0.2, -0.15) is 10.1 Å². The standard InChI is InChI=1S/C8H11N7O2/c1-3-17-6-5(7(16)15(2)14-6)11-13-8-9-4-10-12-8/h4,14H,3H2,1-2H3,(H,9,10,12). The molecular weight excluding hydrogens is 226 g/mol. The molecule has 0 radical (unpaired) electrons. The Morgan fingerprint density at radius 3 is 3.00 bits per heavy atom. The third kappa shape index (κ3) is 2.22. The molecule has 0 spiro atoms. The van der Waals surface area contributed by atoms with Crippen LogP contribution in [0.15, 0.2) is 21.4 Å². The molecule has 0 aliphatic heterocycles. The second kappa shape index (κ2) is 4.60. The van der Waals surface area contributed by atoms with E-state index in [2.05, 4.69) is 30.5 Å². The lowest BCUT2D eigenvalue weighted by molar-refractivity contribution is 0.324. The van der Waals surface area contributed by atoms with E-state index in [-0.39, 0.29) is 23.1 Å². The minimum atomic E-state index is -0.322. The van der Waals surface area contributed by atoms with E-state index in [1.807, 2.05) is 6.92 Å². The summed E-state index contributed by atoms with van der Waals surface area (Å²) in [5.41, 5.74) is -0.220. The molecule has 2 heterocycles. The fourth-order valence-electron chi connectivity index (χ4n) is 1.19. The third-order valence-electron chi connectivity index (χ3n) is 1.93. The fourth-order valence-corrected chi connectivity index (χ4v) is 1.19. The number of azo groups is 1. The van der Waals surface area contributed by atoms with Gasteiger partial charge in [-0.15, -0.1) is 10.2 Å². The number of nitrogens with one attached hydrogen (secondary N) is 2. The van der Waals surface area contributed by atoms with Gasteiger partial charge in [-0.05, 0) is 6.92 Å². The van der Waals surface area contributed by atoms with Crippen LogP contribution in [-0.4, -0.2) is 31.6 Å². The topological polar surface area (TPSA) is 113 Å². The average molecular weight is 237 g/mol. The molecule has 0 aliphatic rings. The van der Waals surface area contributed by atoms with E-state index in [9.17, 15) is 4.79 Å². The van der Waals surface area contributed by atoms with Crippen molar-refractivity contribution in [3.8, 4) is 5.88 Å². The van der Waals surface area contributed by atoms with Gasteiger partial charge in [0.25, 0.3) is 11.5 Å². The van der Waals surface area contributed by atoms with E-state index in [1.165, 1.54) is 11.0 Å². The van der Waals surface area contributed by atoms with Crippen LogP contribution in [0.25, 0.3) is 0 Å². The first-order valence-electron chi connectivity index (χ1n) is 4.91. The van der Waals surface area contributed by atoms with Crippen LogP contribution in [0.3, 0.4) is 0 Å². The quantitative estimate of drug-likeness (QED) is 0.759. The highest BCUT2D eigenvalue weighted by Crippen LogP contribution is 2.21. The molecule has 2 aromatic rings. The maximum Gasteiger partial charge on any atom is 0.298 e. The number of aromatic nitrogens is 5. The van der Waals surface area contributed by atoms with E-state index in [4.69, 9.17) is 4.74 Å². The van der Waals surface area contributed by atoms with Crippen molar-refractivity contribution in [2.24, 2.45) is 17.3 Å². The summed E-state index contributed by atoms with van der Waals surface area (Å²) >= 11 is 0. The molecule has 0 fully saturated rings.